The Labute approximate surface area is 141 Å². The van der Waals surface area contributed by atoms with Crippen LogP contribution in [0.5, 0.6) is 0 Å². The molecule has 2 aromatic rings. The van der Waals surface area contributed by atoms with E-state index in [1.165, 1.54) is 4.90 Å². The lowest BCUT2D eigenvalue weighted by Crippen LogP contribution is -2.43. The summed E-state index contributed by atoms with van der Waals surface area (Å²) in [7, 11) is 0. The molecule has 0 heterocycles. The summed E-state index contributed by atoms with van der Waals surface area (Å²) < 4.78 is 0. The summed E-state index contributed by atoms with van der Waals surface area (Å²) >= 11 is 5.88. The number of halogens is 1. The van der Waals surface area contributed by atoms with Crippen LogP contribution in [0.15, 0.2) is 54.6 Å². The first kappa shape index (κ1) is 17.0. The third-order valence-electron chi connectivity index (χ3n) is 3.36. The van der Waals surface area contributed by atoms with Gasteiger partial charge < -0.3 is 10.2 Å². The van der Waals surface area contributed by atoms with Gasteiger partial charge in [-0.05, 0) is 37.6 Å². The highest BCUT2D eigenvalue weighted by molar-refractivity contribution is 6.39. The molecule has 0 radical (unpaired) electrons. The second-order valence-electron chi connectivity index (χ2n) is 5.48. The number of carbonyl (C=O) groups excluding carboxylic acids is 2. The van der Waals surface area contributed by atoms with Crippen molar-refractivity contribution in [3.63, 3.8) is 0 Å². The lowest BCUT2D eigenvalue weighted by atomic mass is 10.2. The smallest absolute Gasteiger partial charge is 0.313 e. The Bertz CT molecular complexity index is 686. The number of hydrogen-bond acceptors (Lipinski definition) is 2. The van der Waals surface area contributed by atoms with Crippen LogP contribution in [-0.4, -0.2) is 22.8 Å². The molecule has 0 aliphatic carbocycles. The van der Waals surface area contributed by atoms with Crippen LogP contribution in [0, 0.1) is 0 Å². The minimum atomic E-state index is -0.670. The molecule has 0 unspecified atom stereocenters. The number of rotatable bonds is 4. The number of benzene rings is 2. The summed E-state index contributed by atoms with van der Waals surface area (Å²) in [4.78, 5) is 26.2. The number of amides is 2. The third-order valence-corrected chi connectivity index (χ3v) is 3.59. The maximum absolute atomic E-state index is 12.5. The minimum Gasteiger partial charge on any atom is -0.328 e. The molecule has 0 atom stereocenters. The molecule has 0 aliphatic heterocycles. The standard InChI is InChI=1S/C18H19ClN2O2/c1-13(2)21(12-14-7-4-3-5-8-14)18(23)17(22)20-16-10-6-9-15(19)11-16/h3-11,13H,12H2,1-2H3,(H,20,22). The molecule has 0 aromatic heterocycles. The molecule has 0 fully saturated rings. The first-order chi connectivity index (χ1) is 11.0. The molecule has 23 heavy (non-hydrogen) atoms. The number of nitrogens with zero attached hydrogens (tertiary/aromatic N) is 1. The quantitative estimate of drug-likeness (QED) is 0.869. The van der Waals surface area contributed by atoms with E-state index in [-0.39, 0.29) is 6.04 Å². The van der Waals surface area contributed by atoms with Crippen molar-refractivity contribution in [2.24, 2.45) is 0 Å². The van der Waals surface area contributed by atoms with Gasteiger partial charge in [0.15, 0.2) is 0 Å². The maximum Gasteiger partial charge on any atom is 0.313 e. The van der Waals surface area contributed by atoms with E-state index >= 15 is 0 Å². The monoisotopic (exact) mass is 330 g/mol. The van der Waals surface area contributed by atoms with Gasteiger partial charge in [0.25, 0.3) is 0 Å². The number of nitrogens with one attached hydrogen (secondary N) is 1. The summed E-state index contributed by atoms with van der Waals surface area (Å²) in [6.45, 7) is 4.15. The molecule has 0 saturated carbocycles. The van der Waals surface area contributed by atoms with E-state index in [2.05, 4.69) is 5.32 Å². The highest BCUT2D eigenvalue weighted by Gasteiger charge is 2.24. The normalized spacial score (nSPS) is 10.4. The Hall–Kier alpha value is -2.33. The fraction of sp³-hybridized carbons (Fsp3) is 0.222. The molecule has 0 aliphatic rings. The molecular weight excluding hydrogens is 312 g/mol. The Balaban J connectivity index is 2.09. The Kier molecular flexibility index (Phi) is 5.77. The summed E-state index contributed by atoms with van der Waals surface area (Å²) in [6, 6.07) is 16.2. The van der Waals surface area contributed by atoms with Gasteiger partial charge in [0.1, 0.15) is 0 Å². The zero-order valence-electron chi connectivity index (χ0n) is 13.1. The zero-order chi connectivity index (χ0) is 16.8. The van der Waals surface area contributed by atoms with Crippen LogP contribution < -0.4 is 5.32 Å². The molecule has 1 N–H and O–H groups in total. The second kappa shape index (κ2) is 7.79. The highest BCUT2D eigenvalue weighted by Crippen LogP contribution is 2.15. The van der Waals surface area contributed by atoms with Gasteiger partial charge in [0, 0.05) is 23.3 Å². The molecular formula is C18H19ClN2O2. The van der Waals surface area contributed by atoms with Crippen molar-refractivity contribution in [3.8, 4) is 0 Å². The molecule has 0 spiro atoms. The Morgan fingerprint density at radius 1 is 1.09 bits per heavy atom. The van der Waals surface area contributed by atoms with Crippen molar-refractivity contribution in [3.05, 3.63) is 65.2 Å². The highest BCUT2D eigenvalue weighted by atomic mass is 35.5. The predicted molar refractivity (Wildman–Crippen MR) is 92.2 cm³/mol. The number of anilines is 1. The van der Waals surface area contributed by atoms with Crippen LogP contribution in [0.2, 0.25) is 5.02 Å². The van der Waals surface area contributed by atoms with E-state index in [0.717, 1.165) is 5.56 Å². The first-order valence-electron chi connectivity index (χ1n) is 7.39. The van der Waals surface area contributed by atoms with Gasteiger partial charge in [-0.3, -0.25) is 9.59 Å². The van der Waals surface area contributed by atoms with Crippen molar-refractivity contribution in [2.45, 2.75) is 26.4 Å². The van der Waals surface area contributed by atoms with Crippen molar-refractivity contribution >= 4 is 29.1 Å². The van der Waals surface area contributed by atoms with E-state index in [1.54, 1.807) is 24.3 Å². The van der Waals surface area contributed by atoms with Crippen molar-refractivity contribution < 1.29 is 9.59 Å². The summed E-state index contributed by atoms with van der Waals surface area (Å²) in [5.74, 6) is -1.24. The average Bonchev–Trinajstić information content (AvgIpc) is 2.52. The Morgan fingerprint density at radius 3 is 2.39 bits per heavy atom. The first-order valence-corrected chi connectivity index (χ1v) is 7.76. The van der Waals surface area contributed by atoms with Crippen LogP contribution in [0.4, 0.5) is 5.69 Å². The predicted octanol–water partition coefficient (Wildman–Crippen LogP) is 3.72. The largest absolute Gasteiger partial charge is 0.328 e. The van der Waals surface area contributed by atoms with Crippen LogP contribution in [0.1, 0.15) is 19.4 Å². The van der Waals surface area contributed by atoms with Crippen molar-refractivity contribution in [2.75, 3.05) is 5.32 Å². The fourth-order valence-electron chi connectivity index (χ4n) is 2.15. The van der Waals surface area contributed by atoms with Gasteiger partial charge >= 0.3 is 11.8 Å². The van der Waals surface area contributed by atoms with Crippen LogP contribution in [0.25, 0.3) is 0 Å². The molecule has 2 rings (SSSR count). The van der Waals surface area contributed by atoms with E-state index < -0.39 is 11.8 Å². The second-order valence-corrected chi connectivity index (χ2v) is 5.91. The van der Waals surface area contributed by atoms with Crippen LogP contribution in [0.3, 0.4) is 0 Å². The maximum atomic E-state index is 12.5. The van der Waals surface area contributed by atoms with Crippen LogP contribution in [-0.2, 0) is 16.1 Å². The van der Waals surface area contributed by atoms with E-state index in [9.17, 15) is 9.59 Å². The van der Waals surface area contributed by atoms with Gasteiger partial charge in [0.05, 0.1) is 0 Å². The summed E-state index contributed by atoms with van der Waals surface area (Å²) in [5, 5.41) is 3.09. The van der Waals surface area contributed by atoms with E-state index in [1.807, 2.05) is 44.2 Å². The zero-order valence-corrected chi connectivity index (χ0v) is 13.9. The van der Waals surface area contributed by atoms with E-state index in [4.69, 9.17) is 11.6 Å². The van der Waals surface area contributed by atoms with Gasteiger partial charge in [0.2, 0.25) is 0 Å². The molecule has 120 valence electrons. The average molecular weight is 331 g/mol. The molecule has 2 aromatic carbocycles. The molecule has 0 saturated heterocycles. The van der Waals surface area contributed by atoms with E-state index in [0.29, 0.717) is 17.3 Å². The molecule has 5 heteroatoms. The Morgan fingerprint density at radius 2 is 1.78 bits per heavy atom. The lowest BCUT2D eigenvalue weighted by molar-refractivity contribution is -0.144. The molecule has 2 amide bonds. The summed E-state index contributed by atoms with van der Waals surface area (Å²) in [6.07, 6.45) is 0. The van der Waals surface area contributed by atoms with Crippen molar-refractivity contribution in [1.29, 1.82) is 0 Å². The minimum absolute atomic E-state index is 0.0900. The molecule has 0 bridgehead atoms. The number of carbonyl (C=O) groups is 2. The molecule has 4 nitrogen and oxygen atoms in total. The third kappa shape index (κ3) is 4.83. The van der Waals surface area contributed by atoms with Crippen molar-refractivity contribution in [1.82, 2.24) is 4.90 Å². The topological polar surface area (TPSA) is 49.4 Å². The van der Waals surface area contributed by atoms with Gasteiger partial charge in [-0.25, -0.2) is 0 Å². The van der Waals surface area contributed by atoms with Crippen LogP contribution >= 0.6 is 11.6 Å². The number of hydrogen-bond donors (Lipinski definition) is 1. The SMILES string of the molecule is CC(C)N(Cc1ccccc1)C(=O)C(=O)Nc1cccc(Cl)c1. The fourth-order valence-corrected chi connectivity index (χ4v) is 2.34. The van der Waals surface area contributed by atoms with Gasteiger partial charge in [-0.2, -0.15) is 0 Å². The lowest BCUT2D eigenvalue weighted by Gasteiger charge is -2.26. The van der Waals surface area contributed by atoms with Gasteiger partial charge in [-0.1, -0.05) is 48.0 Å². The summed E-state index contributed by atoms with van der Waals surface area (Å²) in [5.41, 5.74) is 1.48. The van der Waals surface area contributed by atoms with Gasteiger partial charge in [-0.15, -0.1) is 0 Å².